The van der Waals surface area contributed by atoms with Crippen LogP contribution in [0.3, 0.4) is 0 Å². The second-order valence-electron chi connectivity index (χ2n) is 8.72. The summed E-state index contributed by atoms with van der Waals surface area (Å²) in [5.74, 6) is 0. The molecule has 3 heterocycles. The number of aromatic nitrogens is 4. The molecule has 1 aliphatic heterocycles. The average molecular weight is 456 g/mol. The van der Waals surface area contributed by atoms with Crippen molar-refractivity contribution in [2.24, 2.45) is 0 Å². The Balaban J connectivity index is 1.78. The summed E-state index contributed by atoms with van der Waals surface area (Å²) in [6.45, 7) is 5.00. The van der Waals surface area contributed by atoms with Gasteiger partial charge < -0.3 is 9.30 Å². The van der Waals surface area contributed by atoms with Gasteiger partial charge >= 0.3 is 5.69 Å². The molecule has 0 aliphatic carbocycles. The normalized spacial score (nSPS) is 15.6. The van der Waals surface area contributed by atoms with Crippen LogP contribution in [0.25, 0.3) is 16.9 Å². The number of aryl methyl sites for hydroxylation is 2. The van der Waals surface area contributed by atoms with Crippen molar-refractivity contribution in [3.63, 3.8) is 0 Å². The van der Waals surface area contributed by atoms with Crippen molar-refractivity contribution >= 4 is 11.2 Å². The Morgan fingerprint density at radius 3 is 2.59 bits per heavy atom. The van der Waals surface area contributed by atoms with Crippen molar-refractivity contribution in [1.82, 2.24) is 18.7 Å². The Hall–Kier alpha value is -3.96. The van der Waals surface area contributed by atoms with E-state index in [0.29, 0.717) is 29.9 Å². The van der Waals surface area contributed by atoms with E-state index in [2.05, 4.69) is 11.1 Å². The molecule has 2 aromatic heterocycles. The highest BCUT2D eigenvalue weighted by atomic mass is 16.5. The third kappa shape index (κ3) is 3.64. The number of nitriles is 1. The van der Waals surface area contributed by atoms with Crippen molar-refractivity contribution in [3.05, 3.63) is 91.9 Å². The average Bonchev–Trinajstić information content (AvgIpc) is 3.49. The summed E-state index contributed by atoms with van der Waals surface area (Å²) in [6.07, 6.45) is 3.11. The van der Waals surface area contributed by atoms with Gasteiger partial charge in [-0.1, -0.05) is 36.4 Å². The highest BCUT2D eigenvalue weighted by molar-refractivity contribution is 5.73. The summed E-state index contributed by atoms with van der Waals surface area (Å²) in [5, 5.41) is 9.51. The molecule has 1 fully saturated rings. The van der Waals surface area contributed by atoms with E-state index < -0.39 is 11.2 Å². The van der Waals surface area contributed by atoms with Gasteiger partial charge in [-0.25, -0.2) is 14.3 Å². The molecule has 2 aromatic carbocycles. The largest absolute Gasteiger partial charge is 0.376 e. The lowest BCUT2D eigenvalue weighted by atomic mass is 10.1. The number of hydrogen-bond acceptors (Lipinski definition) is 5. The van der Waals surface area contributed by atoms with Gasteiger partial charge in [0.1, 0.15) is 0 Å². The van der Waals surface area contributed by atoms with Gasteiger partial charge in [0.25, 0.3) is 5.56 Å². The number of ether oxygens (including phenoxy) is 1. The van der Waals surface area contributed by atoms with Crippen LogP contribution >= 0.6 is 0 Å². The molecule has 34 heavy (non-hydrogen) atoms. The van der Waals surface area contributed by atoms with Crippen LogP contribution in [0.4, 0.5) is 0 Å². The van der Waals surface area contributed by atoms with Crippen LogP contribution in [0.1, 0.15) is 35.1 Å². The lowest BCUT2D eigenvalue weighted by Crippen LogP contribution is -2.42. The number of nitrogens with zero attached hydrogens (tertiary/aromatic N) is 5. The Labute approximate surface area is 196 Å². The van der Waals surface area contributed by atoms with Crippen molar-refractivity contribution < 1.29 is 4.74 Å². The quantitative estimate of drug-likeness (QED) is 0.461. The van der Waals surface area contributed by atoms with Crippen LogP contribution in [0.5, 0.6) is 0 Å². The molecule has 0 radical (unpaired) electrons. The second kappa shape index (κ2) is 8.76. The highest BCUT2D eigenvalue weighted by Gasteiger charge is 2.24. The summed E-state index contributed by atoms with van der Waals surface area (Å²) < 4.78 is 10.3. The third-order valence-electron chi connectivity index (χ3n) is 6.45. The molecule has 8 heteroatoms. The van der Waals surface area contributed by atoms with E-state index >= 15 is 0 Å². The number of benzene rings is 2. The van der Waals surface area contributed by atoms with Gasteiger partial charge in [-0.15, -0.1) is 0 Å². The van der Waals surface area contributed by atoms with Gasteiger partial charge in [-0.3, -0.25) is 9.36 Å². The molecule has 8 nitrogen and oxygen atoms in total. The molecular formula is C26H25N5O3. The lowest BCUT2D eigenvalue weighted by Gasteiger charge is -2.17. The first-order chi connectivity index (χ1) is 16.5. The number of para-hydroxylation sites is 1. The molecule has 5 rings (SSSR count). The van der Waals surface area contributed by atoms with Gasteiger partial charge in [0.15, 0.2) is 11.2 Å². The number of fused-ring (bicyclic) bond motifs is 1. The van der Waals surface area contributed by atoms with Crippen molar-refractivity contribution in [2.45, 2.75) is 45.9 Å². The van der Waals surface area contributed by atoms with Gasteiger partial charge in [0, 0.05) is 6.61 Å². The topological polar surface area (TPSA) is 94.8 Å². The van der Waals surface area contributed by atoms with E-state index in [9.17, 15) is 14.9 Å². The first-order valence-electron chi connectivity index (χ1n) is 11.4. The third-order valence-corrected chi connectivity index (χ3v) is 6.45. The Morgan fingerprint density at radius 1 is 1.12 bits per heavy atom. The smallest absolute Gasteiger partial charge is 0.337 e. The van der Waals surface area contributed by atoms with Crippen LogP contribution in [0, 0.1) is 25.2 Å². The monoisotopic (exact) mass is 455 g/mol. The standard InChI is InChI=1S/C26H25N5O3/c1-17-7-5-8-18(2)22(17)31-24-23(25(32)30(26(31)33)15-21-11-6-12-34-21)29(16-28-24)14-20-10-4-3-9-19(20)13-27/h3-5,7-10,16,21H,6,11-12,14-15H2,1-2H3. The van der Waals surface area contributed by atoms with E-state index in [4.69, 9.17) is 4.74 Å². The molecule has 0 spiro atoms. The Kier molecular flexibility index (Phi) is 5.64. The fourth-order valence-corrected chi connectivity index (χ4v) is 4.76. The maximum atomic E-state index is 13.7. The molecule has 1 saturated heterocycles. The summed E-state index contributed by atoms with van der Waals surface area (Å²) in [7, 11) is 0. The van der Waals surface area contributed by atoms with E-state index in [1.807, 2.05) is 44.2 Å². The molecule has 4 aromatic rings. The first kappa shape index (κ1) is 21.9. The molecule has 0 bridgehead atoms. The minimum Gasteiger partial charge on any atom is -0.376 e. The van der Waals surface area contributed by atoms with Gasteiger partial charge in [-0.2, -0.15) is 5.26 Å². The van der Waals surface area contributed by atoms with E-state index in [1.165, 1.54) is 4.57 Å². The zero-order chi connectivity index (χ0) is 23.8. The number of rotatable bonds is 5. The zero-order valence-electron chi connectivity index (χ0n) is 19.2. The summed E-state index contributed by atoms with van der Waals surface area (Å²) in [4.78, 5) is 31.9. The zero-order valence-corrected chi connectivity index (χ0v) is 19.2. The first-order valence-corrected chi connectivity index (χ1v) is 11.4. The fraction of sp³-hybridized carbons (Fsp3) is 0.308. The maximum absolute atomic E-state index is 13.7. The Bertz CT molecular complexity index is 1530. The summed E-state index contributed by atoms with van der Waals surface area (Å²) in [5.41, 5.74) is 3.68. The Morgan fingerprint density at radius 2 is 1.88 bits per heavy atom. The van der Waals surface area contributed by atoms with Crippen LogP contribution in [0.2, 0.25) is 0 Å². The van der Waals surface area contributed by atoms with E-state index in [1.54, 1.807) is 27.6 Å². The van der Waals surface area contributed by atoms with Crippen molar-refractivity contribution in [1.29, 1.82) is 5.26 Å². The maximum Gasteiger partial charge on any atom is 0.337 e. The second-order valence-corrected chi connectivity index (χ2v) is 8.72. The highest BCUT2D eigenvalue weighted by Crippen LogP contribution is 2.22. The minimum absolute atomic E-state index is 0.176. The molecule has 0 amide bonds. The van der Waals surface area contributed by atoms with Crippen LogP contribution < -0.4 is 11.2 Å². The molecule has 0 saturated carbocycles. The molecule has 0 N–H and O–H groups in total. The van der Waals surface area contributed by atoms with Gasteiger partial charge in [0.05, 0.1) is 42.8 Å². The molecule has 1 unspecified atom stereocenters. The number of hydrogen-bond donors (Lipinski definition) is 0. The lowest BCUT2D eigenvalue weighted by molar-refractivity contribution is 0.0950. The van der Waals surface area contributed by atoms with Crippen LogP contribution in [-0.2, 0) is 17.8 Å². The fourth-order valence-electron chi connectivity index (χ4n) is 4.76. The van der Waals surface area contributed by atoms with Crippen LogP contribution in [0.15, 0.2) is 58.4 Å². The van der Waals surface area contributed by atoms with Crippen LogP contribution in [-0.4, -0.2) is 31.4 Å². The molecule has 1 atom stereocenters. The summed E-state index contributed by atoms with van der Waals surface area (Å²) in [6, 6.07) is 15.3. The molecule has 1 aliphatic rings. The predicted molar refractivity (Wildman–Crippen MR) is 128 cm³/mol. The van der Waals surface area contributed by atoms with Gasteiger partial charge in [-0.05, 0) is 49.4 Å². The minimum atomic E-state index is -0.423. The van der Waals surface area contributed by atoms with E-state index in [-0.39, 0.29) is 12.6 Å². The molecular weight excluding hydrogens is 430 g/mol. The van der Waals surface area contributed by atoms with Gasteiger partial charge in [0.2, 0.25) is 0 Å². The van der Waals surface area contributed by atoms with Crippen molar-refractivity contribution in [3.8, 4) is 11.8 Å². The SMILES string of the molecule is Cc1cccc(C)c1-n1c(=O)n(CC2CCCO2)c(=O)c2c1ncn2Cc1ccccc1C#N. The van der Waals surface area contributed by atoms with Crippen molar-refractivity contribution in [2.75, 3.05) is 6.61 Å². The summed E-state index contributed by atoms with van der Waals surface area (Å²) >= 11 is 0. The van der Waals surface area contributed by atoms with E-state index in [0.717, 1.165) is 35.2 Å². The number of imidazole rings is 1. The molecule has 172 valence electrons. The predicted octanol–water partition coefficient (Wildman–Crippen LogP) is 3.06.